The first-order valence-corrected chi connectivity index (χ1v) is 7.62. The predicted octanol–water partition coefficient (Wildman–Crippen LogP) is 5.19. The Kier molecular flexibility index (Phi) is 4.64. The zero-order valence-corrected chi connectivity index (χ0v) is 13.8. The lowest BCUT2D eigenvalue weighted by Crippen LogP contribution is -2.13. The van der Waals surface area contributed by atoms with Crippen LogP contribution >= 0.6 is 11.6 Å². The number of carbonyl (C=O) groups is 1. The van der Waals surface area contributed by atoms with Gasteiger partial charge >= 0.3 is 12.1 Å². The zero-order valence-electron chi connectivity index (χ0n) is 13.1. The summed E-state index contributed by atoms with van der Waals surface area (Å²) < 4.78 is 67.4. The molecule has 0 aliphatic rings. The molecule has 1 N–H and O–H groups in total. The Bertz CT molecular complexity index is 1050. The van der Waals surface area contributed by atoms with Gasteiger partial charge in [-0.05, 0) is 24.3 Å². The fourth-order valence-corrected chi connectivity index (χ4v) is 2.76. The van der Waals surface area contributed by atoms with Crippen LogP contribution < -0.4 is 0 Å². The van der Waals surface area contributed by atoms with E-state index < -0.39 is 35.0 Å². The summed E-state index contributed by atoms with van der Waals surface area (Å²) in [5.41, 5.74) is -2.70. The van der Waals surface area contributed by atoms with Crippen LogP contribution in [-0.2, 0) is 6.18 Å². The molecule has 4 nitrogen and oxygen atoms in total. The highest BCUT2D eigenvalue weighted by molar-refractivity contribution is 6.36. The van der Waals surface area contributed by atoms with E-state index in [2.05, 4.69) is 5.10 Å². The average molecular weight is 403 g/mol. The Hall–Kier alpha value is -2.94. The van der Waals surface area contributed by atoms with Crippen LogP contribution in [0.1, 0.15) is 15.9 Å². The Balaban J connectivity index is 2.13. The number of rotatable bonds is 3. The highest BCUT2D eigenvalue weighted by Crippen LogP contribution is 2.35. The fourth-order valence-electron chi connectivity index (χ4n) is 2.46. The molecule has 0 aliphatic carbocycles. The molecule has 3 aromatic rings. The van der Waals surface area contributed by atoms with E-state index in [1.165, 1.54) is 24.3 Å². The van der Waals surface area contributed by atoms with Crippen molar-refractivity contribution in [1.82, 2.24) is 9.78 Å². The normalized spacial score (nSPS) is 11.6. The van der Waals surface area contributed by atoms with E-state index in [4.69, 9.17) is 16.7 Å². The van der Waals surface area contributed by atoms with Crippen molar-refractivity contribution in [3.8, 4) is 16.9 Å². The summed E-state index contributed by atoms with van der Waals surface area (Å²) in [6.45, 7) is 0. The summed E-state index contributed by atoms with van der Waals surface area (Å²) >= 11 is 6.01. The summed E-state index contributed by atoms with van der Waals surface area (Å²) in [5, 5.41) is 12.8. The third-order valence-corrected chi connectivity index (χ3v) is 4.10. The number of hydrogen-bond acceptors (Lipinski definition) is 2. The summed E-state index contributed by atoms with van der Waals surface area (Å²) in [6.07, 6.45) is -3.97. The van der Waals surface area contributed by atoms with Gasteiger partial charge in [0, 0.05) is 11.8 Å². The molecule has 0 radical (unpaired) electrons. The van der Waals surface area contributed by atoms with Crippen molar-refractivity contribution in [2.45, 2.75) is 6.18 Å². The minimum Gasteiger partial charge on any atom is -0.478 e. The van der Waals surface area contributed by atoms with Gasteiger partial charge in [-0.3, -0.25) is 0 Å². The number of carboxylic acid groups (broad SMARTS) is 1. The van der Waals surface area contributed by atoms with Crippen LogP contribution in [0.15, 0.2) is 42.6 Å². The second-order valence-corrected chi connectivity index (χ2v) is 5.75. The Labute approximate surface area is 153 Å². The van der Waals surface area contributed by atoms with Crippen LogP contribution in [0.5, 0.6) is 0 Å². The van der Waals surface area contributed by atoms with Gasteiger partial charge in [0.1, 0.15) is 5.69 Å². The number of benzene rings is 2. The summed E-state index contributed by atoms with van der Waals surface area (Å²) in [4.78, 5) is 11.1. The first-order valence-electron chi connectivity index (χ1n) is 7.24. The lowest BCUT2D eigenvalue weighted by Gasteiger charge is -2.12. The van der Waals surface area contributed by atoms with Gasteiger partial charge in [0.25, 0.3) is 0 Å². The summed E-state index contributed by atoms with van der Waals surface area (Å²) in [5.74, 6) is -4.36. The van der Waals surface area contributed by atoms with Crippen molar-refractivity contribution < 1.29 is 31.9 Å². The highest BCUT2D eigenvalue weighted by atomic mass is 35.5. The molecule has 3 rings (SSSR count). The first-order chi connectivity index (χ1) is 12.6. The molecule has 27 heavy (non-hydrogen) atoms. The van der Waals surface area contributed by atoms with E-state index in [1.807, 2.05) is 0 Å². The van der Waals surface area contributed by atoms with Gasteiger partial charge in [-0.15, -0.1) is 0 Å². The number of hydrogen-bond donors (Lipinski definition) is 1. The minimum atomic E-state index is -5.01. The van der Waals surface area contributed by atoms with Crippen molar-refractivity contribution in [2.24, 2.45) is 0 Å². The molecule has 0 spiro atoms. The van der Waals surface area contributed by atoms with Crippen LogP contribution in [0.2, 0.25) is 5.02 Å². The maximum absolute atomic E-state index is 14.3. The standard InChI is InChI=1S/C17H8ClF5N2O2/c18-13-8(2-1-3-9(13)16(26)27)12-6-7-25(24-12)15-11(19)5-4-10(14(15)20)17(21,22)23/h1-7H,(H,26,27). The number of halogens is 6. The topological polar surface area (TPSA) is 55.1 Å². The van der Waals surface area contributed by atoms with Gasteiger partial charge in [0.2, 0.25) is 0 Å². The highest BCUT2D eigenvalue weighted by Gasteiger charge is 2.36. The molecule has 1 heterocycles. The van der Waals surface area contributed by atoms with Gasteiger partial charge in [0.05, 0.1) is 21.8 Å². The molecule has 0 aliphatic heterocycles. The number of aromatic nitrogens is 2. The number of aromatic carboxylic acids is 1. The van der Waals surface area contributed by atoms with Gasteiger partial charge in [-0.1, -0.05) is 23.7 Å². The van der Waals surface area contributed by atoms with Crippen LogP contribution in [0, 0.1) is 11.6 Å². The largest absolute Gasteiger partial charge is 0.478 e. The van der Waals surface area contributed by atoms with E-state index in [0.717, 1.165) is 6.20 Å². The minimum absolute atomic E-state index is 0.0271. The van der Waals surface area contributed by atoms with Gasteiger partial charge in [0.15, 0.2) is 11.6 Å². The smallest absolute Gasteiger partial charge is 0.419 e. The lowest BCUT2D eigenvalue weighted by molar-refractivity contribution is -0.140. The molecule has 0 saturated heterocycles. The molecule has 1 aromatic heterocycles. The second kappa shape index (κ2) is 6.66. The Morgan fingerprint density at radius 2 is 1.81 bits per heavy atom. The van der Waals surface area contributed by atoms with Gasteiger partial charge in [-0.25, -0.2) is 18.3 Å². The molecule has 0 atom stereocenters. The molecular weight excluding hydrogens is 395 g/mol. The quantitative estimate of drug-likeness (QED) is 0.614. The van der Waals surface area contributed by atoms with E-state index in [0.29, 0.717) is 16.8 Å². The maximum Gasteiger partial charge on any atom is 0.419 e. The monoisotopic (exact) mass is 402 g/mol. The molecule has 0 amide bonds. The first kappa shape index (κ1) is 18.8. The number of carboxylic acids is 1. The summed E-state index contributed by atoms with van der Waals surface area (Å²) in [7, 11) is 0. The number of alkyl halides is 3. The SMILES string of the molecule is O=C(O)c1cccc(-c2ccn(-c3c(F)ccc(C(F)(F)F)c3F)n2)c1Cl. The van der Waals surface area contributed by atoms with Crippen molar-refractivity contribution in [3.63, 3.8) is 0 Å². The average Bonchev–Trinajstić information content (AvgIpc) is 3.02. The molecule has 0 unspecified atom stereocenters. The molecule has 10 heteroatoms. The Morgan fingerprint density at radius 1 is 1.11 bits per heavy atom. The van der Waals surface area contributed by atoms with Crippen LogP contribution in [-0.4, -0.2) is 20.9 Å². The van der Waals surface area contributed by atoms with E-state index in [9.17, 15) is 26.7 Å². The molecule has 140 valence electrons. The molecule has 0 fully saturated rings. The molecule has 2 aromatic carbocycles. The molecular formula is C17H8ClF5N2O2. The molecule has 0 saturated carbocycles. The van der Waals surface area contributed by atoms with Crippen LogP contribution in [0.3, 0.4) is 0 Å². The lowest BCUT2D eigenvalue weighted by atomic mass is 10.1. The van der Waals surface area contributed by atoms with Gasteiger partial charge < -0.3 is 5.11 Å². The van der Waals surface area contributed by atoms with Crippen molar-refractivity contribution in [2.75, 3.05) is 0 Å². The Morgan fingerprint density at radius 3 is 2.44 bits per heavy atom. The third kappa shape index (κ3) is 3.37. The fraction of sp³-hybridized carbons (Fsp3) is 0.0588. The van der Waals surface area contributed by atoms with Crippen molar-refractivity contribution >= 4 is 17.6 Å². The van der Waals surface area contributed by atoms with Gasteiger partial charge in [-0.2, -0.15) is 18.3 Å². The second-order valence-electron chi connectivity index (χ2n) is 5.37. The zero-order chi connectivity index (χ0) is 19.9. The van der Waals surface area contributed by atoms with Crippen molar-refractivity contribution in [1.29, 1.82) is 0 Å². The predicted molar refractivity (Wildman–Crippen MR) is 85.9 cm³/mol. The summed E-state index contributed by atoms with van der Waals surface area (Å²) in [6, 6.07) is 6.07. The van der Waals surface area contributed by atoms with E-state index in [-0.39, 0.29) is 21.8 Å². The molecule has 0 bridgehead atoms. The van der Waals surface area contributed by atoms with Crippen molar-refractivity contribution in [3.05, 3.63) is 70.4 Å². The van der Waals surface area contributed by atoms with Crippen LogP contribution in [0.25, 0.3) is 16.9 Å². The number of nitrogens with zero attached hydrogens (tertiary/aromatic N) is 2. The maximum atomic E-state index is 14.3. The third-order valence-electron chi connectivity index (χ3n) is 3.70. The van der Waals surface area contributed by atoms with E-state index >= 15 is 0 Å². The van der Waals surface area contributed by atoms with Crippen LogP contribution in [0.4, 0.5) is 22.0 Å². The van der Waals surface area contributed by atoms with E-state index in [1.54, 1.807) is 0 Å².